The lowest BCUT2D eigenvalue weighted by molar-refractivity contribution is -0.145. The van der Waals surface area contributed by atoms with Crippen LogP contribution in [-0.4, -0.2) is 53.6 Å². The lowest BCUT2D eigenvalue weighted by Crippen LogP contribution is -2.50. The van der Waals surface area contributed by atoms with Crippen molar-refractivity contribution < 1.29 is 9.53 Å². The molecular weight excluding hydrogens is 422 g/mol. The topological polar surface area (TPSA) is 37.7 Å². The number of rotatable bonds is 2. The molecule has 1 spiro atoms. The number of fused-ring (bicyclic) bond motifs is 2. The Bertz CT molecular complexity index is 1140. The van der Waals surface area contributed by atoms with Crippen molar-refractivity contribution in [3.05, 3.63) is 65.9 Å². The molecule has 0 radical (unpaired) electrons. The Hall–Kier alpha value is -2.79. The molecule has 0 bridgehead atoms. The van der Waals surface area contributed by atoms with Crippen molar-refractivity contribution in [2.24, 2.45) is 12.5 Å². The third-order valence-electron chi connectivity index (χ3n) is 8.06. The van der Waals surface area contributed by atoms with E-state index in [0.29, 0.717) is 19.1 Å². The van der Waals surface area contributed by atoms with Gasteiger partial charge in [-0.25, -0.2) is 0 Å². The number of hydrogen-bond acceptors (Lipinski definition) is 3. The van der Waals surface area contributed by atoms with E-state index in [1.54, 1.807) is 0 Å². The van der Waals surface area contributed by atoms with Crippen LogP contribution < -0.4 is 4.74 Å². The zero-order chi connectivity index (χ0) is 23.5. The molecule has 0 saturated carbocycles. The molecule has 5 heteroatoms. The zero-order valence-corrected chi connectivity index (χ0v) is 20.6. The summed E-state index contributed by atoms with van der Waals surface area (Å²) < 4.78 is 8.38. The lowest BCUT2D eigenvalue weighted by Gasteiger charge is -2.43. The third kappa shape index (κ3) is 4.58. The van der Waals surface area contributed by atoms with E-state index in [9.17, 15) is 4.79 Å². The lowest BCUT2D eigenvalue weighted by atomic mass is 9.73. The van der Waals surface area contributed by atoms with Gasteiger partial charge >= 0.3 is 0 Å². The molecule has 1 amide bonds. The van der Waals surface area contributed by atoms with Gasteiger partial charge in [0.05, 0.1) is 12.0 Å². The van der Waals surface area contributed by atoms with Crippen LogP contribution in [0.1, 0.15) is 43.4 Å². The summed E-state index contributed by atoms with van der Waals surface area (Å²) in [5.74, 6) is 1.29. The van der Waals surface area contributed by atoms with E-state index in [4.69, 9.17) is 4.74 Å². The van der Waals surface area contributed by atoms with E-state index in [-0.39, 0.29) is 5.41 Å². The third-order valence-corrected chi connectivity index (χ3v) is 8.06. The van der Waals surface area contributed by atoms with Crippen LogP contribution in [0.4, 0.5) is 0 Å². The minimum absolute atomic E-state index is 0.233. The number of carbonyl (C=O) groups excluding carboxylic acids is 1. The van der Waals surface area contributed by atoms with E-state index in [1.165, 1.54) is 22.2 Å². The maximum Gasteiger partial charge on any atom is 0.228 e. The molecule has 1 aromatic heterocycles. The van der Waals surface area contributed by atoms with E-state index in [0.717, 1.165) is 63.9 Å². The number of likely N-dealkylation sites (N-methyl/N-ethyl adjacent to an activating group) is 1. The minimum Gasteiger partial charge on any atom is -0.491 e. The number of amides is 1. The molecule has 1 fully saturated rings. The number of ether oxygens (including phenoxy) is 1. The van der Waals surface area contributed by atoms with Gasteiger partial charge in [0.2, 0.25) is 5.91 Å². The van der Waals surface area contributed by atoms with Gasteiger partial charge in [-0.3, -0.25) is 9.69 Å². The first kappa shape index (κ1) is 23.0. The monoisotopic (exact) mass is 459 g/mol. The molecule has 2 aromatic carbocycles. The molecule has 180 valence electrons. The van der Waals surface area contributed by atoms with E-state index in [1.807, 2.05) is 18.0 Å². The summed E-state index contributed by atoms with van der Waals surface area (Å²) in [5.41, 5.74) is 3.68. The average Bonchev–Trinajstić information content (AvgIpc) is 3.18. The number of piperidine rings is 1. The van der Waals surface area contributed by atoms with E-state index < -0.39 is 0 Å². The Morgan fingerprint density at radius 1 is 0.912 bits per heavy atom. The Morgan fingerprint density at radius 2 is 1.68 bits per heavy atom. The van der Waals surface area contributed by atoms with Crippen LogP contribution in [0.15, 0.2) is 54.6 Å². The molecule has 34 heavy (non-hydrogen) atoms. The number of aryl methyl sites for hydroxylation is 2. The van der Waals surface area contributed by atoms with Gasteiger partial charge in [-0.1, -0.05) is 42.8 Å². The Morgan fingerprint density at radius 3 is 2.50 bits per heavy atom. The Balaban J connectivity index is 1.27. The molecule has 0 atom stereocenters. The smallest absolute Gasteiger partial charge is 0.228 e. The minimum atomic E-state index is -0.233. The summed E-state index contributed by atoms with van der Waals surface area (Å²) in [6.45, 7) is 4.06. The predicted molar refractivity (Wildman–Crippen MR) is 137 cm³/mol. The van der Waals surface area contributed by atoms with Gasteiger partial charge in [0.25, 0.3) is 0 Å². The molecule has 0 unspecified atom stereocenters. The van der Waals surface area contributed by atoms with Crippen molar-refractivity contribution >= 4 is 16.8 Å². The summed E-state index contributed by atoms with van der Waals surface area (Å²) in [7, 11) is 4.11. The highest BCUT2D eigenvalue weighted by Gasteiger charge is 2.42. The fourth-order valence-electron chi connectivity index (χ4n) is 5.87. The summed E-state index contributed by atoms with van der Waals surface area (Å²) in [5, 5.41) is 1.30. The maximum absolute atomic E-state index is 13.7. The average molecular weight is 460 g/mol. The number of nitrogens with zero attached hydrogens (tertiary/aromatic N) is 3. The van der Waals surface area contributed by atoms with Crippen LogP contribution in [0.25, 0.3) is 10.9 Å². The van der Waals surface area contributed by atoms with Gasteiger partial charge in [0.15, 0.2) is 0 Å². The molecule has 5 nitrogen and oxygen atoms in total. The zero-order valence-electron chi connectivity index (χ0n) is 20.6. The van der Waals surface area contributed by atoms with Crippen molar-refractivity contribution in [1.29, 1.82) is 0 Å². The number of carbonyl (C=O) groups is 1. The molecule has 2 aliphatic rings. The summed E-state index contributed by atoms with van der Waals surface area (Å²) in [6.07, 6.45) is 6.07. The van der Waals surface area contributed by atoms with E-state index in [2.05, 4.69) is 65.0 Å². The molecule has 1 saturated heterocycles. The van der Waals surface area contributed by atoms with Crippen LogP contribution in [-0.2, 0) is 24.8 Å². The molecule has 3 heterocycles. The van der Waals surface area contributed by atoms with Crippen LogP contribution in [0.2, 0.25) is 0 Å². The number of hydrogen-bond donors (Lipinski definition) is 0. The summed E-state index contributed by atoms with van der Waals surface area (Å²) in [4.78, 5) is 18.1. The van der Waals surface area contributed by atoms with Gasteiger partial charge in [0.1, 0.15) is 12.4 Å². The molecular formula is C29H37N3O2. The molecule has 5 rings (SSSR count). The van der Waals surface area contributed by atoms with Crippen molar-refractivity contribution in [3.63, 3.8) is 0 Å². The Labute approximate surface area is 203 Å². The largest absolute Gasteiger partial charge is 0.491 e. The summed E-state index contributed by atoms with van der Waals surface area (Å²) in [6, 6.07) is 19.2. The first-order valence-electron chi connectivity index (χ1n) is 12.8. The Kier molecular flexibility index (Phi) is 6.64. The highest BCUT2D eigenvalue weighted by Crippen LogP contribution is 2.39. The fourth-order valence-corrected chi connectivity index (χ4v) is 5.87. The van der Waals surface area contributed by atoms with Crippen molar-refractivity contribution in [2.45, 2.75) is 45.1 Å². The maximum atomic E-state index is 13.7. The molecule has 2 aliphatic heterocycles. The molecule has 0 N–H and O–H groups in total. The number of benzene rings is 2. The number of aromatic nitrogens is 1. The number of likely N-dealkylation sites (tertiary alicyclic amines) is 1. The molecule has 3 aromatic rings. The SMILES string of the molecule is CN1CCOc2ccccc2CCCCC2(CCN(Cc3cc4ccccc4n3C)CC2)C1=O. The van der Waals surface area contributed by atoms with Crippen LogP contribution in [0.3, 0.4) is 0 Å². The van der Waals surface area contributed by atoms with Crippen molar-refractivity contribution in [3.8, 4) is 5.75 Å². The highest BCUT2D eigenvalue weighted by atomic mass is 16.5. The van der Waals surface area contributed by atoms with E-state index >= 15 is 0 Å². The van der Waals surface area contributed by atoms with Crippen LogP contribution in [0.5, 0.6) is 5.75 Å². The van der Waals surface area contributed by atoms with Gasteiger partial charge < -0.3 is 14.2 Å². The second-order valence-corrected chi connectivity index (χ2v) is 10.2. The van der Waals surface area contributed by atoms with Crippen molar-refractivity contribution in [2.75, 3.05) is 33.3 Å². The summed E-state index contributed by atoms with van der Waals surface area (Å²) >= 11 is 0. The molecule has 0 aliphatic carbocycles. The van der Waals surface area contributed by atoms with Gasteiger partial charge in [0, 0.05) is 31.9 Å². The van der Waals surface area contributed by atoms with Gasteiger partial charge in [-0.2, -0.15) is 0 Å². The first-order valence-corrected chi connectivity index (χ1v) is 12.8. The first-order chi connectivity index (χ1) is 16.6. The normalized spacial score (nSPS) is 19.9. The van der Waals surface area contributed by atoms with Crippen LogP contribution in [0, 0.1) is 5.41 Å². The predicted octanol–water partition coefficient (Wildman–Crippen LogP) is 5.02. The number of para-hydroxylation sites is 2. The second-order valence-electron chi connectivity index (χ2n) is 10.2. The highest BCUT2D eigenvalue weighted by molar-refractivity contribution is 5.83. The van der Waals surface area contributed by atoms with Crippen LogP contribution >= 0.6 is 0 Å². The standard InChI is InChI=1S/C29H37N3O2/c1-30-19-20-34-27-13-6-4-9-23(27)10-7-8-14-29(28(30)33)15-17-32(18-16-29)22-25-21-24-11-3-5-12-26(24)31(25)2/h3-6,9,11-13,21H,7-8,10,14-20,22H2,1-2H3. The fraction of sp³-hybridized carbons (Fsp3) is 0.483. The quantitative estimate of drug-likeness (QED) is 0.540. The van der Waals surface area contributed by atoms with Crippen molar-refractivity contribution in [1.82, 2.24) is 14.4 Å². The second kappa shape index (κ2) is 9.83. The van der Waals surface area contributed by atoms with Gasteiger partial charge in [-0.05, 0) is 74.3 Å². The van der Waals surface area contributed by atoms with Gasteiger partial charge in [-0.15, -0.1) is 0 Å².